The SMILES string of the molecule is CC(C)(c1ccc(OCC2CO2)c(C2CCCCC2)c1)c1ccc(OCC2CO2)c(C2CCCCC2)c1. The fourth-order valence-electron chi connectivity index (χ4n) is 6.46. The van der Waals surface area contributed by atoms with E-state index in [9.17, 15) is 0 Å². The zero-order valence-corrected chi connectivity index (χ0v) is 22.8. The van der Waals surface area contributed by atoms with Gasteiger partial charge in [-0.25, -0.2) is 0 Å². The summed E-state index contributed by atoms with van der Waals surface area (Å²) in [7, 11) is 0. The van der Waals surface area contributed by atoms with E-state index in [1.807, 2.05) is 0 Å². The van der Waals surface area contributed by atoms with Crippen molar-refractivity contribution in [3.63, 3.8) is 0 Å². The van der Waals surface area contributed by atoms with E-state index in [1.54, 1.807) is 0 Å². The Balaban J connectivity index is 1.31. The second kappa shape index (κ2) is 11.0. The Morgan fingerprint density at radius 2 is 1.05 bits per heavy atom. The first kappa shape index (κ1) is 25.2. The zero-order valence-electron chi connectivity index (χ0n) is 22.8. The Morgan fingerprint density at radius 3 is 1.43 bits per heavy atom. The summed E-state index contributed by atoms with van der Waals surface area (Å²) < 4.78 is 23.4. The fraction of sp³-hybridized carbons (Fsp3) is 0.636. The van der Waals surface area contributed by atoms with E-state index < -0.39 is 0 Å². The maximum Gasteiger partial charge on any atom is 0.122 e. The number of rotatable bonds is 10. The molecule has 2 aromatic rings. The van der Waals surface area contributed by atoms with Gasteiger partial charge in [0.25, 0.3) is 0 Å². The molecule has 0 amide bonds. The summed E-state index contributed by atoms with van der Waals surface area (Å²) in [6, 6.07) is 14.0. The van der Waals surface area contributed by atoms with Crippen LogP contribution in [-0.2, 0) is 14.9 Å². The van der Waals surface area contributed by atoms with Crippen molar-refractivity contribution in [1.82, 2.24) is 0 Å². The molecule has 2 heterocycles. The molecular weight excluding hydrogens is 460 g/mol. The molecule has 0 spiro atoms. The van der Waals surface area contributed by atoms with Crippen LogP contribution in [0.15, 0.2) is 36.4 Å². The van der Waals surface area contributed by atoms with E-state index in [4.69, 9.17) is 18.9 Å². The number of hydrogen-bond acceptors (Lipinski definition) is 4. The van der Waals surface area contributed by atoms with Gasteiger partial charge < -0.3 is 18.9 Å². The molecule has 4 fully saturated rings. The van der Waals surface area contributed by atoms with Crippen molar-refractivity contribution in [2.45, 2.75) is 108 Å². The quantitative estimate of drug-likeness (QED) is 0.312. The van der Waals surface area contributed by atoms with Gasteiger partial charge in [-0.2, -0.15) is 0 Å². The van der Waals surface area contributed by atoms with Gasteiger partial charge >= 0.3 is 0 Å². The molecule has 0 aromatic heterocycles. The standard InChI is InChI=1S/C33H44O4/c1-33(2,25-13-15-31(36-21-27-19-34-27)29(17-25)23-9-5-3-6-10-23)26-14-16-32(37-22-28-20-35-28)30(18-26)24-11-7-4-8-12-24/h13-18,23-24,27-28H,3-12,19-22H2,1-2H3. The van der Waals surface area contributed by atoms with E-state index >= 15 is 0 Å². The average Bonchev–Trinajstić information content (AvgIpc) is 3.87. The third-order valence-corrected chi connectivity index (χ3v) is 9.21. The average molecular weight is 505 g/mol. The molecule has 0 radical (unpaired) electrons. The van der Waals surface area contributed by atoms with E-state index in [0.717, 1.165) is 24.7 Å². The molecule has 2 aliphatic carbocycles. The van der Waals surface area contributed by atoms with Crippen LogP contribution in [0.4, 0.5) is 0 Å². The summed E-state index contributed by atoms with van der Waals surface area (Å²) in [6.45, 7) is 7.76. The molecule has 2 unspecified atom stereocenters. The monoisotopic (exact) mass is 504 g/mol. The smallest absolute Gasteiger partial charge is 0.122 e. The minimum absolute atomic E-state index is 0.108. The minimum Gasteiger partial charge on any atom is -0.490 e. The molecule has 200 valence electrons. The van der Waals surface area contributed by atoms with Crippen LogP contribution in [0.2, 0.25) is 0 Å². The highest BCUT2D eigenvalue weighted by Crippen LogP contribution is 2.44. The lowest BCUT2D eigenvalue weighted by Crippen LogP contribution is -2.21. The lowest BCUT2D eigenvalue weighted by Gasteiger charge is -2.32. The molecule has 4 heteroatoms. The second-order valence-corrected chi connectivity index (χ2v) is 12.3. The third kappa shape index (κ3) is 6.01. The molecule has 2 saturated carbocycles. The van der Waals surface area contributed by atoms with Crippen molar-refractivity contribution in [2.75, 3.05) is 26.4 Å². The highest BCUT2D eigenvalue weighted by molar-refractivity contribution is 5.49. The first-order valence-electron chi connectivity index (χ1n) is 14.9. The van der Waals surface area contributed by atoms with Gasteiger partial charge in [-0.15, -0.1) is 0 Å². The normalized spacial score (nSPS) is 24.6. The van der Waals surface area contributed by atoms with E-state index in [0.29, 0.717) is 25.0 Å². The van der Waals surface area contributed by atoms with Crippen LogP contribution in [0.5, 0.6) is 11.5 Å². The van der Waals surface area contributed by atoms with Crippen molar-refractivity contribution < 1.29 is 18.9 Å². The van der Waals surface area contributed by atoms with Crippen molar-refractivity contribution in [2.24, 2.45) is 0 Å². The van der Waals surface area contributed by atoms with Crippen molar-refractivity contribution in [1.29, 1.82) is 0 Å². The third-order valence-electron chi connectivity index (χ3n) is 9.21. The van der Waals surface area contributed by atoms with Crippen LogP contribution in [0.3, 0.4) is 0 Å². The Kier molecular flexibility index (Phi) is 7.49. The van der Waals surface area contributed by atoms with Gasteiger partial charge in [0.05, 0.1) is 13.2 Å². The van der Waals surface area contributed by atoms with Crippen LogP contribution in [0.25, 0.3) is 0 Å². The molecule has 4 aliphatic rings. The van der Waals surface area contributed by atoms with Crippen LogP contribution in [0, 0.1) is 0 Å². The fourth-order valence-corrected chi connectivity index (χ4v) is 6.46. The van der Waals surface area contributed by atoms with Gasteiger partial charge in [0, 0.05) is 5.41 Å². The van der Waals surface area contributed by atoms with Crippen molar-refractivity contribution in [3.8, 4) is 11.5 Å². The molecule has 6 rings (SSSR count). The highest BCUT2D eigenvalue weighted by Gasteiger charge is 2.31. The lowest BCUT2D eigenvalue weighted by atomic mass is 9.74. The molecule has 0 bridgehead atoms. The van der Waals surface area contributed by atoms with Crippen LogP contribution >= 0.6 is 0 Å². The number of epoxide rings is 2. The van der Waals surface area contributed by atoms with Gasteiger partial charge in [0.1, 0.15) is 36.9 Å². The van der Waals surface area contributed by atoms with Gasteiger partial charge in [-0.05, 0) is 71.9 Å². The molecule has 2 aliphatic heterocycles. The second-order valence-electron chi connectivity index (χ2n) is 12.3. The Bertz CT molecular complexity index is 972. The predicted molar refractivity (Wildman–Crippen MR) is 147 cm³/mol. The van der Waals surface area contributed by atoms with Gasteiger partial charge in [-0.3, -0.25) is 0 Å². The molecule has 2 saturated heterocycles. The Hall–Kier alpha value is -2.04. The molecule has 0 N–H and O–H groups in total. The topological polar surface area (TPSA) is 43.5 Å². The summed E-state index contributed by atoms with van der Waals surface area (Å²) >= 11 is 0. The first-order chi connectivity index (χ1) is 18.1. The van der Waals surface area contributed by atoms with E-state index in [-0.39, 0.29) is 17.6 Å². The van der Waals surface area contributed by atoms with Gasteiger partial charge in [0.2, 0.25) is 0 Å². The maximum absolute atomic E-state index is 6.30. The minimum atomic E-state index is -0.108. The summed E-state index contributed by atoms with van der Waals surface area (Å²) in [5.41, 5.74) is 5.45. The molecule has 2 atom stereocenters. The van der Waals surface area contributed by atoms with E-state index in [2.05, 4.69) is 50.2 Å². The molecule has 4 nitrogen and oxygen atoms in total. The summed E-state index contributed by atoms with van der Waals surface area (Å²) in [4.78, 5) is 0. The van der Waals surface area contributed by atoms with Gasteiger partial charge in [-0.1, -0.05) is 76.6 Å². The molecule has 2 aromatic carbocycles. The highest BCUT2D eigenvalue weighted by atomic mass is 16.6. The van der Waals surface area contributed by atoms with Gasteiger partial charge in [0.15, 0.2) is 0 Å². The van der Waals surface area contributed by atoms with Crippen LogP contribution in [0.1, 0.15) is 112 Å². The summed E-state index contributed by atoms with van der Waals surface area (Å²) in [5.74, 6) is 3.32. The number of ether oxygens (including phenoxy) is 4. The number of benzene rings is 2. The molecular formula is C33H44O4. The maximum atomic E-state index is 6.30. The molecule has 37 heavy (non-hydrogen) atoms. The zero-order chi connectivity index (χ0) is 25.2. The largest absolute Gasteiger partial charge is 0.490 e. The summed E-state index contributed by atoms with van der Waals surface area (Å²) in [6.07, 6.45) is 13.6. The predicted octanol–water partition coefficient (Wildman–Crippen LogP) is 7.66. The van der Waals surface area contributed by atoms with Crippen molar-refractivity contribution in [3.05, 3.63) is 58.7 Å². The lowest BCUT2D eigenvalue weighted by molar-refractivity contribution is 0.258. The Morgan fingerprint density at radius 1 is 0.649 bits per heavy atom. The Labute approximate surface area is 223 Å². The van der Waals surface area contributed by atoms with E-state index in [1.165, 1.54) is 86.5 Å². The summed E-state index contributed by atoms with van der Waals surface area (Å²) in [5, 5.41) is 0. The van der Waals surface area contributed by atoms with Crippen LogP contribution < -0.4 is 9.47 Å². The van der Waals surface area contributed by atoms with Crippen LogP contribution in [-0.4, -0.2) is 38.6 Å². The first-order valence-corrected chi connectivity index (χ1v) is 14.9. The number of hydrogen-bond donors (Lipinski definition) is 0. The van der Waals surface area contributed by atoms with Crippen molar-refractivity contribution >= 4 is 0 Å².